The van der Waals surface area contributed by atoms with E-state index >= 15 is 0 Å². The summed E-state index contributed by atoms with van der Waals surface area (Å²) >= 11 is 0. The quantitative estimate of drug-likeness (QED) is 0.354. The van der Waals surface area contributed by atoms with Crippen molar-refractivity contribution in [2.24, 2.45) is 10.9 Å². The zero-order valence-electron chi connectivity index (χ0n) is 16.1. The lowest BCUT2D eigenvalue weighted by Gasteiger charge is -2.33. The lowest BCUT2D eigenvalue weighted by atomic mass is 10.00. The summed E-state index contributed by atoms with van der Waals surface area (Å²) in [5, 5.41) is 3.37. The summed E-state index contributed by atoms with van der Waals surface area (Å²) in [5.41, 5.74) is 1.01. The predicted molar refractivity (Wildman–Crippen MR) is 120 cm³/mol. The Hall–Kier alpha value is -0.870. The first-order valence-electron chi connectivity index (χ1n) is 9.62. The van der Waals surface area contributed by atoms with Crippen LogP contribution in [0.5, 0.6) is 0 Å². The van der Waals surface area contributed by atoms with E-state index in [2.05, 4.69) is 28.8 Å². The van der Waals surface area contributed by atoms with Crippen LogP contribution in [0.1, 0.15) is 45.1 Å². The molecule has 3 rings (SSSR count). The maximum Gasteiger partial charge on any atom is 0.240 e. The van der Waals surface area contributed by atoms with Gasteiger partial charge >= 0.3 is 0 Å². The molecule has 1 aliphatic heterocycles. The van der Waals surface area contributed by atoms with Gasteiger partial charge in [-0.15, -0.1) is 24.0 Å². The molecule has 1 saturated heterocycles. The first-order chi connectivity index (χ1) is 12.5. The lowest BCUT2D eigenvalue weighted by molar-refractivity contribution is 0.273. The molecule has 0 bridgehead atoms. The highest BCUT2D eigenvalue weighted by Crippen LogP contribution is 2.22. The van der Waals surface area contributed by atoms with Crippen molar-refractivity contribution < 1.29 is 8.42 Å². The summed E-state index contributed by atoms with van der Waals surface area (Å²) in [6.07, 6.45) is 4.28. The molecule has 152 valence electrons. The fraction of sp³-hybridized carbons (Fsp3) is 0.632. The van der Waals surface area contributed by atoms with Crippen molar-refractivity contribution >= 4 is 40.0 Å². The van der Waals surface area contributed by atoms with Crippen LogP contribution in [-0.4, -0.2) is 45.0 Å². The van der Waals surface area contributed by atoms with Gasteiger partial charge in [0.15, 0.2) is 5.96 Å². The van der Waals surface area contributed by atoms with Gasteiger partial charge < -0.3 is 10.2 Å². The van der Waals surface area contributed by atoms with E-state index in [4.69, 9.17) is 4.99 Å². The molecule has 27 heavy (non-hydrogen) atoms. The standard InChI is InChI=1S/C19H30N4O2S.HI/c1-3-20-19(23-12-10-15(2)11-13-23)21-14-16-4-8-18(9-5-16)26(24,25)22-17-6-7-17;/h4-5,8-9,15,17,22H,3,6-7,10-14H2,1-2H3,(H,20,21);1H. The van der Waals surface area contributed by atoms with E-state index in [0.717, 1.165) is 49.9 Å². The Bertz CT molecular complexity index is 725. The summed E-state index contributed by atoms with van der Waals surface area (Å²) in [6, 6.07) is 7.18. The minimum atomic E-state index is -3.38. The molecule has 6 nitrogen and oxygen atoms in total. The third-order valence-electron chi connectivity index (χ3n) is 4.96. The maximum absolute atomic E-state index is 12.2. The molecule has 0 amide bonds. The zero-order chi connectivity index (χ0) is 18.6. The topological polar surface area (TPSA) is 73.8 Å². The summed E-state index contributed by atoms with van der Waals surface area (Å²) < 4.78 is 27.2. The Morgan fingerprint density at radius 3 is 2.33 bits per heavy atom. The molecule has 1 saturated carbocycles. The minimum absolute atomic E-state index is 0. The van der Waals surface area contributed by atoms with Crippen LogP contribution in [-0.2, 0) is 16.6 Å². The Morgan fingerprint density at radius 2 is 1.78 bits per heavy atom. The molecule has 2 fully saturated rings. The minimum Gasteiger partial charge on any atom is -0.357 e. The van der Waals surface area contributed by atoms with Crippen molar-refractivity contribution in [2.75, 3.05) is 19.6 Å². The summed E-state index contributed by atoms with van der Waals surface area (Å²) in [6.45, 7) is 7.84. The highest BCUT2D eigenvalue weighted by Gasteiger charge is 2.27. The Balaban J connectivity index is 0.00000261. The number of rotatable bonds is 6. The molecule has 0 spiro atoms. The van der Waals surface area contributed by atoms with Crippen LogP contribution in [0.4, 0.5) is 0 Å². The molecular formula is C19H31IN4O2S. The van der Waals surface area contributed by atoms with E-state index in [1.807, 2.05) is 12.1 Å². The molecular weight excluding hydrogens is 475 g/mol. The van der Waals surface area contributed by atoms with Crippen molar-refractivity contribution in [3.05, 3.63) is 29.8 Å². The Kier molecular flexibility index (Phi) is 8.36. The molecule has 2 N–H and O–H groups in total. The van der Waals surface area contributed by atoms with Crippen molar-refractivity contribution in [3.63, 3.8) is 0 Å². The van der Waals surface area contributed by atoms with Crippen LogP contribution in [0.3, 0.4) is 0 Å². The number of aliphatic imine (C=N–C) groups is 1. The van der Waals surface area contributed by atoms with Gasteiger partial charge in [0.2, 0.25) is 10.0 Å². The number of guanidine groups is 1. The third-order valence-corrected chi connectivity index (χ3v) is 6.50. The normalized spacial score (nSPS) is 18.9. The summed E-state index contributed by atoms with van der Waals surface area (Å²) in [4.78, 5) is 7.40. The number of nitrogens with zero attached hydrogens (tertiary/aromatic N) is 2. The number of hydrogen-bond donors (Lipinski definition) is 2. The third kappa shape index (κ3) is 6.60. The smallest absolute Gasteiger partial charge is 0.240 e. The van der Waals surface area contributed by atoms with Gasteiger partial charge in [0, 0.05) is 25.7 Å². The molecule has 1 aromatic carbocycles. The Morgan fingerprint density at radius 1 is 1.15 bits per heavy atom. The lowest BCUT2D eigenvalue weighted by Crippen LogP contribution is -2.45. The molecule has 1 aliphatic carbocycles. The van der Waals surface area contributed by atoms with Gasteiger partial charge in [-0.3, -0.25) is 0 Å². The van der Waals surface area contributed by atoms with E-state index in [-0.39, 0.29) is 30.0 Å². The van der Waals surface area contributed by atoms with E-state index in [0.29, 0.717) is 11.4 Å². The van der Waals surface area contributed by atoms with Crippen LogP contribution in [0.25, 0.3) is 0 Å². The molecule has 0 aromatic heterocycles. The molecule has 8 heteroatoms. The van der Waals surface area contributed by atoms with Gasteiger partial charge in [0.25, 0.3) is 0 Å². The highest BCUT2D eigenvalue weighted by atomic mass is 127. The molecule has 2 aliphatic rings. The van der Waals surface area contributed by atoms with Crippen LogP contribution in [0.2, 0.25) is 0 Å². The number of hydrogen-bond acceptors (Lipinski definition) is 3. The van der Waals surface area contributed by atoms with E-state index < -0.39 is 10.0 Å². The van der Waals surface area contributed by atoms with Gasteiger partial charge in [-0.25, -0.2) is 18.1 Å². The van der Waals surface area contributed by atoms with Gasteiger partial charge in [0.05, 0.1) is 11.4 Å². The van der Waals surface area contributed by atoms with E-state index in [9.17, 15) is 8.42 Å². The second-order valence-corrected chi connectivity index (χ2v) is 9.09. The van der Waals surface area contributed by atoms with Crippen molar-refractivity contribution in [2.45, 2.75) is 57.0 Å². The fourth-order valence-electron chi connectivity index (χ4n) is 3.08. The first-order valence-corrected chi connectivity index (χ1v) is 11.1. The van der Waals surface area contributed by atoms with Gasteiger partial charge in [-0.1, -0.05) is 19.1 Å². The second kappa shape index (κ2) is 10.1. The highest BCUT2D eigenvalue weighted by molar-refractivity contribution is 14.0. The molecule has 0 unspecified atom stereocenters. The van der Waals surface area contributed by atoms with Gasteiger partial charge in [-0.05, 0) is 56.2 Å². The van der Waals surface area contributed by atoms with Crippen LogP contribution in [0, 0.1) is 5.92 Å². The summed E-state index contributed by atoms with van der Waals surface area (Å²) in [7, 11) is -3.38. The van der Waals surface area contributed by atoms with Crippen LogP contribution < -0.4 is 10.0 Å². The number of nitrogens with one attached hydrogen (secondary N) is 2. The average Bonchev–Trinajstić information content (AvgIpc) is 3.43. The average molecular weight is 506 g/mol. The van der Waals surface area contributed by atoms with Crippen molar-refractivity contribution in [1.82, 2.24) is 14.9 Å². The number of piperidine rings is 1. The molecule has 1 heterocycles. The first kappa shape index (κ1) is 22.4. The van der Waals surface area contributed by atoms with Crippen molar-refractivity contribution in [1.29, 1.82) is 0 Å². The molecule has 0 radical (unpaired) electrons. The van der Waals surface area contributed by atoms with E-state index in [1.165, 1.54) is 12.8 Å². The number of sulfonamides is 1. The Labute approximate surface area is 180 Å². The SMILES string of the molecule is CCNC(=NCc1ccc(S(=O)(=O)NC2CC2)cc1)N1CCC(C)CC1.I. The summed E-state index contributed by atoms with van der Waals surface area (Å²) in [5.74, 6) is 1.74. The maximum atomic E-state index is 12.2. The van der Waals surface area contributed by atoms with Gasteiger partial charge in [0.1, 0.15) is 0 Å². The molecule has 0 atom stereocenters. The fourth-order valence-corrected chi connectivity index (χ4v) is 4.38. The van der Waals surface area contributed by atoms with Gasteiger partial charge in [-0.2, -0.15) is 0 Å². The van der Waals surface area contributed by atoms with Crippen LogP contribution in [0.15, 0.2) is 34.2 Å². The van der Waals surface area contributed by atoms with E-state index in [1.54, 1.807) is 12.1 Å². The predicted octanol–water partition coefficient (Wildman–Crippen LogP) is 2.94. The zero-order valence-corrected chi connectivity index (χ0v) is 19.3. The second-order valence-electron chi connectivity index (χ2n) is 7.38. The number of halogens is 1. The number of likely N-dealkylation sites (tertiary alicyclic amines) is 1. The van der Waals surface area contributed by atoms with Crippen molar-refractivity contribution in [3.8, 4) is 0 Å². The molecule has 1 aromatic rings. The largest absolute Gasteiger partial charge is 0.357 e. The monoisotopic (exact) mass is 506 g/mol. The van der Waals surface area contributed by atoms with Crippen LogP contribution >= 0.6 is 24.0 Å². The number of benzene rings is 1.